The average molecular weight is 399 g/mol. The van der Waals surface area contributed by atoms with E-state index in [9.17, 15) is 9.59 Å². The third-order valence-electron chi connectivity index (χ3n) is 5.23. The number of nitrogens with one attached hydrogen (secondary N) is 1. The number of aryl methyl sites for hydroxylation is 1. The summed E-state index contributed by atoms with van der Waals surface area (Å²) in [4.78, 5) is 26.4. The topological polar surface area (TPSA) is 82.0 Å². The molecule has 154 valence electrons. The number of carbonyl (C=O) groups excluding carboxylic acids is 1. The Kier molecular flexibility index (Phi) is 5.08. The number of aromatic nitrogens is 1. The van der Waals surface area contributed by atoms with Gasteiger partial charge in [0, 0.05) is 23.9 Å². The summed E-state index contributed by atoms with van der Waals surface area (Å²) in [7, 11) is 3.11. The first-order chi connectivity index (χ1) is 14.0. The Balaban J connectivity index is 1.33. The van der Waals surface area contributed by atoms with Gasteiger partial charge in [0.2, 0.25) is 0 Å². The van der Waals surface area contributed by atoms with Gasteiger partial charge in [0.1, 0.15) is 23.4 Å². The molecule has 1 aliphatic carbocycles. The molecule has 1 aliphatic heterocycles. The maximum atomic E-state index is 12.5. The van der Waals surface area contributed by atoms with E-state index in [-0.39, 0.29) is 17.7 Å². The van der Waals surface area contributed by atoms with Crippen molar-refractivity contribution in [3.05, 3.63) is 46.4 Å². The van der Waals surface area contributed by atoms with Gasteiger partial charge in [-0.3, -0.25) is 4.79 Å². The molecule has 2 fully saturated rings. The van der Waals surface area contributed by atoms with E-state index in [4.69, 9.17) is 14.2 Å². The molecule has 8 nitrogen and oxygen atoms in total. The van der Waals surface area contributed by atoms with Crippen molar-refractivity contribution in [2.24, 2.45) is 0 Å². The van der Waals surface area contributed by atoms with Crippen molar-refractivity contribution in [1.82, 2.24) is 9.47 Å². The second-order valence-corrected chi connectivity index (χ2v) is 7.41. The molecule has 2 heterocycles. The number of urea groups is 1. The molecule has 1 saturated heterocycles. The predicted molar refractivity (Wildman–Crippen MR) is 108 cm³/mol. The zero-order valence-electron chi connectivity index (χ0n) is 16.8. The number of amides is 2. The summed E-state index contributed by atoms with van der Waals surface area (Å²) in [6, 6.07) is 8.75. The SMILES string of the molecule is COc1ccc(NC(=O)N2CC(Oc3cc(C)n(C4CC4)c(=O)c3)C2)c(OC)c1. The fourth-order valence-electron chi connectivity index (χ4n) is 3.52. The van der Waals surface area contributed by atoms with Crippen molar-refractivity contribution in [3.63, 3.8) is 0 Å². The van der Waals surface area contributed by atoms with Crippen LogP contribution in [-0.2, 0) is 0 Å². The molecule has 0 bridgehead atoms. The Morgan fingerprint density at radius 3 is 2.45 bits per heavy atom. The van der Waals surface area contributed by atoms with Crippen LogP contribution in [0.15, 0.2) is 35.1 Å². The molecular formula is C21H25N3O5. The van der Waals surface area contributed by atoms with Gasteiger partial charge in [0.05, 0.1) is 33.0 Å². The van der Waals surface area contributed by atoms with Crippen LogP contribution in [0.25, 0.3) is 0 Å². The Labute approximate surface area is 169 Å². The van der Waals surface area contributed by atoms with Gasteiger partial charge < -0.3 is 29.0 Å². The summed E-state index contributed by atoms with van der Waals surface area (Å²) in [6.07, 6.45) is 1.99. The van der Waals surface area contributed by atoms with Crippen LogP contribution in [0.5, 0.6) is 17.2 Å². The van der Waals surface area contributed by atoms with E-state index < -0.39 is 0 Å². The van der Waals surface area contributed by atoms with Gasteiger partial charge in [-0.05, 0) is 38.0 Å². The highest BCUT2D eigenvalue weighted by Gasteiger charge is 2.33. The highest BCUT2D eigenvalue weighted by Crippen LogP contribution is 2.35. The quantitative estimate of drug-likeness (QED) is 0.808. The molecule has 2 amide bonds. The molecule has 2 aromatic rings. The first kappa shape index (κ1) is 19.2. The maximum absolute atomic E-state index is 12.5. The van der Waals surface area contributed by atoms with Crippen molar-refractivity contribution < 1.29 is 19.0 Å². The van der Waals surface area contributed by atoms with Crippen molar-refractivity contribution in [2.75, 3.05) is 32.6 Å². The molecule has 2 aliphatic rings. The molecule has 8 heteroatoms. The van der Waals surface area contributed by atoms with Gasteiger partial charge in [-0.1, -0.05) is 0 Å². The van der Waals surface area contributed by atoms with Crippen LogP contribution < -0.4 is 25.1 Å². The lowest BCUT2D eigenvalue weighted by Gasteiger charge is -2.38. The Hall–Kier alpha value is -3.16. The molecule has 0 atom stereocenters. The third kappa shape index (κ3) is 4.01. The van der Waals surface area contributed by atoms with Crippen molar-refractivity contribution >= 4 is 11.7 Å². The molecule has 1 aromatic heterocycles. The summed E-state index contributed by atoms with van der Waals surface area (Å²) < 4.78 is 18.2. The maximum Gasteiger partial charge on any atom is 0.322 e. The number of hydrogen-bond donors (Lipinski definition) is 1. The molecule has 29 heavy (non-hydrogen) atoms. The predicted octanol–water partition coefficient (Wildman–Crippen LogP) is 2.80. The first-order valence-electron chi connectivity index (χ1n) is 9.66. The lowest BCUT2D eigenvalue weighted by molar-refractivity contribution is 0.0490. The van der Waals surface area contributed by atoms with Crippen molar-refractivity contribution in [2.45, 2.75) is 31.9 Å². The number of ether oxygens (including phenoxy) is 3. The van der Waals surface area contributed by atoms with Crippen LogP contribution in [0.2, 0.25) is 0 Å². The van der Waals surface area contributed by atoms with Crippen LogP contribution in [0.1, 0.15) is 24.6 Å². The minimum atomic E-state index is -0.228. The van der Waals surface area contributed by atoms with Crippen LogP contribution in [0.3, 0.4) is 0 Å². The minimum Gasteiger partial charge on any atom is -0.497 e. The second-order valence-electron chi connectivity index (χ2n) is 7.41. The fourth-order valence-corrected chi connectivity index (χ4v) is 3.52. The Bertz CT molecular complexity index is 977. The number of benzene rings is 1. The summed E-state index contributed by atoms with van der Waals surface area (Å²) in [6.45, 7) is 2.83. The van der Waals surface area contributed by atoms with Crippen molar-refractivity contribution in [3.8, 4) is 17.2 Å². The number of likely N-dealkylation sites (tertiary alicyclic amines) is 1. The van der Waals surface area contributed by atoms with Gasteiger partial charge in [0.25, 0.3) is 5.56 Å². The minimum absolute atomic E-state index is 0.0250. The number of nitrogens with zero attached hydrogens (tertiary/aromatic N) is 2. The average Bonchev–Trinajstić information content (AvgIpc) is 3.49. The summed E-state index contributed by atoms with van der Waals surface area (Å²) in [5, 5.41) is 2.84. The standard InChI is InChI=1S/C21H25N3O5/c1-13-8-16(10-20(25)24(13)14-4-5-14)29-17-11-23(12-17)21(26)22-18-7-6-15(27-2)9-19(18)28-3/h6-10,14,17H,4-5,11-12H2,1-3H3,(H,22,26). The summed E-state index contributed by atoms with van der Waals surface area (Å²) in [5.41, 5.74) is 1.46. The molecular weight excluding hydrogens is 374 g/mol. The van der Waals surface area contributed by atoms with Gasteiger partial charge in [-0.2, -0.15) is 0 Å². The molecule has 1 saturated carbocycles. The van der Waals surface area contributed by atoms with E-state index in [1.807, 2.05) is 17.6 Å². The number of hydrogen-bond acceptors (Lipinski definition) is 5. The summed E-state index contributed by atoms with van der Waals surface area (Å²) in [5.74, 6) is 1.74. The molecule has 0 radical (unpaired) electrons. The Morgan fingerprint density at radius 2 is 1.83 bits per heavy atom. The number of anilines is 1. The summed E-state index contributed by atoms with van der Waals surface area (Å²) >= 11 is 0. The van der Waals surface area contributed by atoms with E-state index >= 15 is 0 Å². The monoisotopic (exact) mass is 399 g/mol. The zero-order valence-corrected chi connectivity index (χ0v) is 16.8. The number of methoxy groups -OCH3 is 2. The van der Waals surface area contributed by atoms with Crippen LogP contribution in [-0.4, -0.2) is 48.9 Å². The zero-order chi connectivity index (χ0) is 20.5. The van der Waals surface area contributed by atoms with Crippen LogP contribution >= 0.6 is 0 Å². The largest absolute Gasteiger partial charge is 0.497 e. The fraction of sp³-hybridized carbons (Fsp3) is 0.429. The van der Waals surface area contributed by atoms with Gasteiger partial charge in [-0.15, -0.1) is 0 Å². The normalized spacial score (nSPS) is 16.2. The Morgan fingerprint density at radius 1 is 1.07 bits per heavy atom. The van der Waals surface area contributed by atoms with Gasteiger partial charge in [0.15, 0.2) is 0 Å². The van der Waals surface area contributed by atoms with E-state index in [0.717, 1.165) is 18.5 Å². The van der Waals surface area contributed by atoms with E-state index in [2.05, 4.69) is 5.32 Å². The number of pyridine rings is 1. The lowest BCUT2D eigenvalue weighted by atomic mass is 10.2. The second kappa shape index (κ2) is 7.69. The highest BCUT2D eigenvalue weighted by atomic mass is 16.5. The first-order valence-corrected chi connectivity index (χ1v) is 9.66. The van der Waals surface area contributed by atoms with Crippen LogP contribution in [0, 0.1) is 6.92 Å². The molecule has 0 unspecified atom stereocenters. The van der Waals surface area contributed by atoms with Gasteiger partial charge >= 0.3 is 6.03 Å². The molecule has 1 aromatic carbocycles. The van der Waals surface area contributed by atoms with Gasteiger partial charge in [-0.25, -0.2) is 4.79 Å². The smallest absolute Gasteiger partial charge is 0.322 e. The lowest BCUT2D eigenvalue weighted by Crippen LogP contribution is -2.57. The van der Waals surface area contributed by atoms with E-state index in [1.165, 1.54) is 13.2 Å². The van der Waals surface area contributed by atoms with Crippen LogP contribution in [0.4, 0.5) is 10.5 Å². The number of rotatable bonds is 6. The van der Waals surface area contributed by atoms with E-state index in [1.54, 1.807) is 30.2 Å². The third-order valence-corrected chi connectivity index (χ3v) is 5.23. The number of carbonyl (C=O) groups is 1. The molecule has 1 N–H and O–H groups in total. The van der Waals surface area contributed by atoms with Crippen molar-refractivity contribution in [1.29, 1.82) is 0 Å². The molecule has 0 spiro atoms. The highest BCUT2D eigenvalue weighted by molar-refractivity contribution is 5.91. The molecule has 4 rings (SSSR count). The van der Waals surface area contributed by atoms with E-state index in [0.29, 0.717) is 42.1 Å².